The number of nitrogens with zero attached hydrogens (tertiary/aromatic N) is 1. The van der Waals surface area contributed by atoms with Gasteiger partial charge in [0.05, 0.1) is 11.4 Å². The van der Waals surface area contributed by atoms with Gasteiger partial charge in [0.25, 0.3) is 0 Å². The number of esters is 1. The number of thiophene rings is 1. The van der Waals surface area contributed by atoms with E-state index in [-0.39, 0.29) is 17.6 Å². The van der Waals surface area contributed by atoms with Crippen molar-refractivity contribution in [2.24, 2.45) is 5.41 Å². The molecule has 1 spiro atoms. The Kier molecular flexibility index (Phi) is 4.66. The number of hydrogen-bond donors (Lipinski definition) is 0. The molecule has 0 atom stereocenters. The molecule has 2 heterocycles. The number of carbonyl (C=O) groups is 2. The van der Waals surface area contributed by atoms with Crippen LogP contribution < -0.4 is 4.74 Å². The van der Waals surface area contributed by atoms with Crippen molar-refractivity contribution < 1.29 is 23.8 Å². The Hall–Kier alpha value is -1.47. The van der Waals surface area contributed by atoms with Crippen LogP contribution in [0.3, 0.4) is 0 Å². The second-order valence-electron chi connectivity index (χ2n) is 7.72. The molecule has 2 fully saturated rings. The topological polar surface area (TPSA) is 65.1 Å². The summed E-state index contributed by atoms with van der Waals surface area (Å²) >= 11 is 7.13. The van der Waals surface area contributed by atoms with Crippen LogP contribution in [-0.2, 0) is 9.47 Å². The molecule has 2 aliphatic rings. The zero-order chi connectivity index (χ0) is 18.4. The lowest BCUT2D eigenvalue weighted by Gasteiger charge is -2.58. The fourth-order valence-electron chi connectivity index (χ4n) is 3.31. The summed E-state index contributed by atoms with van der Waals surface area (Å²) in [6.45, 7) is 6.96. The fraction of sp³-hybridized carbons (Fsp3) is 0.647. The van der Waals surface area contributed by atoms with Gasteiger partial charge in [0.15, 0.2) is 4.88 Å². The predicted molar refractivity (Wildman–Crippen MR) is 94.6 cm³/mol. The number of amides is 1. The van der Waals surface area contributed by atoms with Gasteiger partial charge in [-0.1, -0.05) is 11.6 Å². The van der Waals surface area contributed by atoms with Crippen molar-refractivity contribution in [1.82, 2.24) is 4.90 Å². The first-order valence-corrected chi connectivity index (χ1v) is 9.32. The van der Waals surface area contributed by atoms with E-state index in [0.717, 1.165) is 24.2 Å². The van der Waals surface area contributed by atoms with Crippen molar-refractivity contribution in [3.63, 3.8) is 0 Å². The molecule has 6 nitrogen and oxygen atoms in total. The average molecular weight is 388 g/mol. The first-order valence-electron chi connectivity index (χ1n) is 8.13. The quantitative estimate of drug-likeness (QED) is 0.734. The van der Waals surface area contributed by atoms with Gasteiger partial charge in [-0.15, -0.1) is 11.3 Å². The van der Waals surface area contributed by atoms with Gasteiger partial charge in [0.1, 0.15) is 17.5 Å². The molecule has 8 heteroatoms. The van der Waals surface area contributed by atoms with Crippen LogP contribution in [0.4, 0.5) is 4.79 Å². The van der Waals surface area contributed by atoms with Crippen LogP contribution in [-0.4, -0.2) is 48.9 Å². The molecular weight excluding hydrogens is 366 g/mol. The summed E-state index contributed by atoms with van der Waals surface area (Å²) in [5, 5.41) is 0. The van der Waals surface area contributed by atoms with Gasteiger partial charge in [-0.25, -0.2) is 9.59 Å². The van der Waals surface area contributed by atoms with E-state index in [1.165, 1.54) is 7.11 Å². The van der Waals surface area contributed by atoms with Gasteiger partial charge in [-0.3, -0.25) is 0 Å². The fourth-order valence-corrected chi connectivity index (χ4v) is 4.38. The third-order valence-corrected chi connectivity index (χ3v) is 5.58. The van der Waals surface area contributed by atoms with Gasteiger partial charge in [0.2, 0.25) is 0 Å². The van der Waals surface area contributed by atoms with Crippen molar-refractivity contribution in [2.45, 2.75) is 45.3 Å². The van der Waals surface area contributed by atoms with E-state index in [2.05, 4.69) is 0 Å². The van der Waals surface area contributed by atoms with E-state index in [1.54, 1.807) is 11.0 Å². The maximum Gasteiger partial charge on any atom is 0.410 e. The molecule has 1 amide bonds. The zero-order valence-corrected chi connectivity index (χ0v) is 16.3. The molecule has 0 N–H and O–H groups in total. The average Bonchev–Trinajstić information content (AvgIpc) is 2.77. The number of carbonyl (C=O) groups excluding carboxylic acids is 2. The second kappa shape index (κ2) is 6.36. The minimum Gasteiger partial charge on any atom is -0.489 e. The first kappa shape index (κ1) is 18.3. The SMILES string of the molecule is COC(=O)c1sc(Cl)cc1OC1CC2(C1)CN(C(=O)OC(C)(C)C)C2. The molecule has 1 aromatic heterocycles. The Morgan fingerprint density at radius 2 is 1.96 bits per heavy atom. The lowest BCUT2D eigenvalue weighted by atomic mass is 9.62. The minimum atomic E-state index is -0.479. The summed E-state index contributed by atoms with van der Waals surface area (Å²) in [6.07, 6.45) is 1.45. The number of methoxy groups -OCH3 is 1. The van der Waals surface area contributed by atoms with Crippen molar-refractivity contribution in [3.05, 3.63) is 15.3 Å². The Morgan fingerprint density at radius 1 is 1.32 bits per heavy atom. The van der Waals surface area contributed by atoms with Crippen molar-refractivity contribution in [1.29, 1.82) is 0 Å². The Morgan fingerprint density at radius 3 is 2.52 bits per heavy atom. The highest BCUT2D eigenvalue weighted by Crippen LogP contribution is 2.50. The molecule has 3 rings (SSSR count). The zero-order valence-electron chi connectivity index (χ0n) is 14.8. The minimum absolute atomic E-state index is 0.0230. The first-order chi connectivity index (χ1) is 11.6. The summed E-state index contributed by atoms with van der Waals surface area (Å²) in [5.41, 5.74) is -0.361. The van der Waals surface area contributed by atoms with Crippen LogP contribution >= 0.6 is 22.9 Å². The molecule has 1 aromatic rings. The monoisotopic (exact) mass is 387 g/mol. The summed E-state index contributed by atoms with van der Waals surface area (Å²) in [6, 6.07) is 1.65. The third kappa shape index (κ3) is 3.87. The number of rotatable bonds is 3. The van der Waals surface area contributed by atoms with Gasteiger partial charge in [-0.2, -0.15) is 0 Å². The van der Waals surface area contributed by atoms with Gasteiger partial charge in [-0.05, 0) is 33.6 Å². The van der Waals surface area contributed by atoms with E-state index in [0.29, 0.717) is 28.1 Å². The molecule has 25 heavy (non-hydrogen) atoms. The number of likely N-dealkylation sites (tertiary alicyclic amines) is 1. The van der Waals surface area contributed by atoms with Crippen molar-refractivity contribution in [2.75, 3.05) is 20.2 Å². The van der Waals surface area contributed by atoms with Gasteiger partial charge < -0.3 is 19.1 Å². The molecule has 138 valence electrons. The second-order valence-corrected chi connectivity index (χ2v) is 9.40. The van der Waals surface area contributed by atoms with Crippen LogP contribution in [0.5, 0.6) is 5.75 Å². The largest absolute Gasteiger partial charge is 0.489 e. The van der Waals surface area contributed by atoms with Crippen LogP contribution in [0, 0.1) is 5.41 Å². The highest BCUT2D eigenvalue weighted by Gasteiger charge is 2.55. The van der Waals surface area contributed by atoms with Crippen LogP contribution in [0.15, 0.2) is 6.07 Å². The van der Waals surface area contributed by atoms with Crippen LogP contribution in [0.25, 0.3) is 0 Å². The molecule has 1 aliphatic heterocycles. The van der Waals surface area contributed by atoms with E-state index in [4.69, 9.17) is 25.8 Å². The smallest absolute Gasteiger partial charge is 0.410 e. The molecule has 0 unspecified atom stereocenters. The van der Waals surface area contributed by atoms with Gasteiger partial charge in [0, 0.05) is 24.6 Å². The molecule has 1 aliphatic carbocycles. The highest BCUT2D eigenvalue weighted by molar-refractivity contribution is 7.18. The van der Waals surface area contributed by atoms with Gasteiger partial charge >= 0.3 is 12.1 Å². The normalized spacial score (nSPS) is 19.2. The van der Waals surface area contributed by atoms with Crippen LogP contribution in [0.2, 0.25) is 4.34 Å². The Balaban J connectivity index is 1.50. The highest BCUT2D eigenvalue weighted by atomic mass is 35.5. The molecule has 0 radical (unpaired) electrons. The number of halogens is 1. The lowest BCUT2D eigenvalue weighted by molar-refractivity contribution is -0.116. The number of hydrogen-bond acceptors (Lipinski definition) is 6. The Bertz CT molecular complexity index is 682. The van der Waals surface area contributed by atoms with Crippen molar-refractivity contribution >= 4 is 35.0 Å². The molecule has 0 bridgehead atoms. The molecular formula is C17H22ClNO5S. The number of ether oxygens (including phenoxy) is 3. The Labute approximate surface area is 156 Å². The van der Waals surface area contributed by atoms with E-state index >= 15 is 0 Å². The maximum absolute atomic E-state index is 12.0. The summed E-state index contributed by atoms with van der Waals surface area (Å²) < 4.78 is 16.5. The summed E-state index contributed by atoms with van der Waals surface area (Å²) in [5.74, 6) is 0.0331. The standard InChI is InChI=1S/C17H22ClNO5S/c1-16(2,3)24-15(21)19-8-17(9-19)6-10(7-17)23-11-5-12(18)25-13(11)14(20)22-4/h5,10H,6-9H2,1-4H3. The van der Waals surface area contributed by atoms with E-state index in [9.17, 15) is 9.59 Å². The maximum atomic E-state index is 12.0. The molecule has 1 saturated heterocycles. The van der Waals surface area contributed by atoms with E-state index < -0.39 is 11.6 Å². The third-order valence-electron chi connectivity index (χ3n) is 4.36. The summed E-state index contributed by atoms with van der Waals surface area (Å²) in [4.78, 5) is 25.9. The summed E-state index contributed by atoms with van der Waals surface area (Å²) in [7, 11) is 1.33. The molecule has 0 aromatic carbocycles. The van der Waals surface area contributed by atoms with Crippen LogP contribution in [0.1, 0.15) is 43.3 Å². The molecule has 1 saturated carbocycles. The lowest BCUT2D eigenvalue weighted by Crippen LogP contribution is -2.66. The predicted octanol–water partition coefficient (Wildman–Crippen LogP) is 3.97. The van der Waals surface area contributed by atoms with Crippen molar-refractivity contribution in [3.8, 4) is 5.75 Å². The van der Waals surface area contributed by atoms with E-state index in [1.807, 2.05) is 20.8 Å².